The third-order valence-electron chi connectivity index (χ3n) is 2.63. The molecule has 1 heterocycles. The van der Waals surface area contributed by atoms with Gasteiger partial charge in [0, 0.05) is 32.7 Å². The lowest BCUT2D eigenvalue weighted by Gasteiger charge is -2.25. The van der Waals surface area contributed by atoms with Crippen molar-refractivity contribution in [2.24, 2.45) is 0 Å². The van der Waals surface area contributed by atoms with Crippen LogP contribution in [0.2, 0.25) is 0 Å². The monoisotopic (exact) mass is 212 g/mol. The molecule has 0 aromatic rings. The Labute approximate surface area is 93.5 Å². The fourth-order valence-corrected chi connectivity index (χ4v) is 1.66. The molecule has 1 aliphatic heterocycles. The summed E-state index contributed by atoms with van der Waals surface area (Å²) in [6.45, 7) is 8.64. The number of ether oxygens (including phenoxy) is 1. The lowest BCUT2D eigenvalue weighted by molar-refractivity contribution is 0.232. The van der Waals surface area contributed by atoms with Crippen molar-refractivity contribution in [3.8, 4) is 0 Å². The minimum Gasteiger partial charge on any atom is -0.501 e. The average molecular weight is 212 g/mol. The number of unbranched alkanes of at least 4 members (excludes halogenated alkanes) is 2. The first kappa shape index (κ1) is 12.5. The van der Waals surface area contributed by atoms with E-state index in [-0.39, 0.29) is 0 Å². The number of nitrogens with zero attached hydrogens (tertiary/aromatic N) is 1. The van der Waals surface area contributed by atoms with Gasteiger partial charge in [0.05, 0.1) is 12.9 Å². The Morgan fingerprint density at radius 3 is 2.80 bits per heavy atom. The van der Waals surface area contributed by atoms with E-state index < -0.39 is 0 Å². The van der Waals surface area contributed by atoms with Gasteiger partial charge in [0.1, 0.15) is 0 Å². The number of hydrogen-bond donors (Lipinski definition) is 1. The Kier molecular flexibility index (Phi) is 7.30. The van der Waals surface area contributed by atoms with Gasteiger partial charge in [0.15, 0.2) is 0 Å². The zero-order chi connectivity index (χ0) is 10.8. The molecule has 0 aromatic heterocycles. The third-order valence-corrected chi connectivity index (χ3v) is 2.63. The minimum atomic E-state index is 0.867. The molecule has 0 spiro atoms. The van der Waals surface area contributed by atoms with E-state index in [1.54, 1.807) is 0 Å². The molecule has 1 rings (SSSR count). The van der Waals surface area contributed by atoms with Crippen LogP contribution in [-0.2, 0) is 4.74 Å². The summed E-state index contributed by atoms with van der Waals surface area (Å²) in [7, 11) is 0. The standard InChI is InChI=1S/C12H24N2O/c1-2-3-4-11-15-12-5-8-14-9-6-13-7-10-14/h5,12-13H,2-4,6-11H2,1H3. The molecule has 0 bridgehead atoms. The molecule has 0 amide bonds. The summed E-state index contributed by atoms with van der Waals surface area (Å²) < 4.78 is 5.40. The van der Waals surface area contributed by atoms with Crippen molar-refractivity contribution >= 4 is 0 Å². The topological polar surface area (TPSA) is 24.5 Å². The van der Waals surface area contributed by atoms with Crippen LogP contribution in [0.1, 0.15) is 26.2 Å². The van der Waals surface area contributed by atoms with Gasteiger partial charge in [-0.05, 0) is 12.5 Å². The molecule has 0 unspecified atom stereocenters. The predicted octanol–water partition coefficient (Wildman–Crippen LogP) is 1.61. The largest absolute Gasteiger partial charge is 0.501 e. The van der Waals surface area contributed by atoms with Crippen molar-refractivity contribution in [1.82, 2.24) is 10.2 Å². The van der Waals surface area contributed by atoms with Gasteiger partial charge in [0.25, 0.3) is 0 Å². The number of piperazine rings is 1. The maximum atomic E-state index is 5.40. The third kappa shape index (κ3) is 6.52. The van der Waals surface area contributed by atoms with Gasteiger partial charge < -0.3 is 10.1 Å². The van der Waals surface area contributed by atoms with E-state index in [1.165, 1.54) is 19.3 Å². The maximum Gasteiger partial charge on any atom is 0.0873 e. The van der Waals surface area contributed by atoms with Crippen LogP contribution >= 0.6 is 0 Å². The van der Waals surface area contributed by atoms with Crippen LogP contribution in [-0.4, -0.2) is 44.2 Å². The molecule has 88 valence electrons. The second kappa shape index (κ2) is 8.74. The fourth-order valence-electron chi connectivity index (χ4n) is 1.66. The van der Waals surface area contributed by atoms with Gasteiger partial charge in [-0.1, -0.05) is 19.8 Å². The highest BCUT2D eigenvalue weighted by Gasteiger charge is 2.06. The fraction of sp³-hybridized carbons (Fsp3) is 0.833. The molecule has 15 heavy (non-hydrogen) atoms. The molecule has 3 heteroatoms. The van der Waals surface area contributed by atoms with Crippen molar-refractivity contribution in [3.05, 3.63) is 12.3 Å². The Morgan fingerprint density at radius 1 is 1.27 bits per heavy atom. The lowest BCUT2D eigenvalue weighted by atomic mass is 10.3. The summed E-state index contributed by atoms with van der Waals surface area (Å²) >= 11 is 0. The number of hydrogen-bond acceptors (Lipinski definition) is 3. The van der Waals surface area contributed by atoms with E-state index in [1.807, 2.05) is 6.26 Å². The second-order valence-electron chi connectivity index (χ2n) is 4.00. The molecular weight excluding hydrogens is 188 g/mol. The lowest BCUT2D eigenvalue weighted by Crippen LogP contribution is -2.43. The molecular formula is C12H24N2O. The van der Waals surface area contributed by atoms with Crippen LogP contribution in [0.15, 0.2) is 12.3 Å². The van der Waals surface area contributed by atoms with Crippen LogP contribution in [0.3, 0.4) is 0 Å². The highest BCUT2D eigenvalue weighted by atomic mass is 16.5. The summed E-state index contributed by atoms with van der Waals surface area (Å²) in [6.07, 6.45) is 7.68. The zero-order valence-corrected chi connectivity index (χ0v) is 9.87. The van der Waals surface area contributed by atoms with Crippen LogP contribution in [0, 0.1) is 0 Å². The SMILES string of the molecule is CCCCCOC=CCN1CCNCC1. The molecule has 1 N–H and O–H groups in total. The van der Waals surface area contributed by atoms with Gasteiger partial charge in [0.2, 0.25) is 0 Å². The van der Waals surface area contributed by atoms with Crippen molar-refractivity contribution in [3.63, 3.8) is 0 Å². The van der Waals surface area contributed by atoms with E-state index in [2.05, 4.69) is 23.2 Å². The summed E-state index contributed by atoms with van der Waals surface area (Å²) in [4.78, 5) is 2.43. The van der Waals surface area contributed by atoms with Crippen LogP contribution in [0.25, 0.3) is 0 Å². The maximum absolute atomic E-state index is 5.40. The molecule has 1 fully saturated rings. The summed E-state index contributed by atoms with van der Waals surface area (Å²) in [5, 5.41) is 3.34. The second-order valence-corrected chi connectivity index (χ2v) is 4.00. The molecule has 0 atom stereocenters. The van der Waals surface area contributed by atoms with Crippen LogP contribution in [0.4, 0.5) is 0 Å². The van der Waals surface area contributed by atoms with E-state index in [0.717, 1.165) is 39.3 Å². The Hall–Kier alpha value is -0.540. The Bertz CT molecular complexity index is 165. The van der Waals surface area contributed by atoms with E-state index in [0.29, 0.717) is 0 Å². The first-order valence-electron chi connectivity index (χ1n) is 6.13. The van der Waals surface area contributed by atoms with Gasteiger partial charge >= 0.3 is 0 Å². The summed E-state index contributed by atoms with van der Waals surface area (Å²) in [5.74, 6) is 0. The van der Waals surface area contributed by atoms with Crippen molar-refractivity contribution in [2.45, 2.75) is 26.2 Å². The molecule has 0 radical (unpaired) electrons. The van der Waals surface area contributed by atoms with Gasteiger partial charge in [-0.3, -0.25) is 4.90 Å². The van der Waals surface area contributed by atoms with Crippen LogP contribution in [0.5, 0.6) is 0 Å². The quantitative estimate of drug-likeness (QED) is 0.512. The highest BCUT2D eigenvalue weighted by Crippen LogP contribution is 1.95. The average Bonchev–Trinajstić information content (AvgIpc) is 2.29. The Balaban J connectivity index is 1.91. The minimum absolute atomic E-state index is 0.867. The molecule has 0 aromatic carbocycles. The van der Waals surface area contributed by atoms with Crippen molar-refractivity contribution < 1.29 is 4.74 Å². The molecule has 1 saturated heterocycles. The van der Waals surface area contributed by atoms with Crippen molar-refractivity contribution in [2.75, 3.05) is 39.3 Å². The van der Waals surface area contributed by atoms with Gasteiger partial charge in [-0.15, -0.1) is 0 Å². The number of rotatable bonds is 7. The van der Waals surface area contributed by atoms with E-state index in [4.69, 9.17) is 4.74 Å². The summed E-state index contributed by atoms with van der Waals surface area (Å²) in [5.41, 5.74) is 0. The highest BCUT2D eigenvalue weighted by molar-refractivity contribution is 4.80. The Morgan fingerprint density at radius 2 is 2.07 bits per heavy atom. The predicted molar refractivity (Wildman–Crippen MR) is 63.9 cm³/mol. The smallest absolute Gasteiger partial charge is 0.0873 e. The molecule has 0 aliphatic carbocycles. The van der Waals surface area contributed by atoms with Crippen LogP contribution < -0.4 is 5.32 Å². The first-order chi connectivity index (χ1) is 7.43. The normalized spacial score (nSPS) is 18.5. The molecule has 3 nitrogen and oxygen atoms in total. The number of nitrogens with one attached hydrogen (secondary N) is 1. The molecule has 0 saturated carbocycles. The first-order valence-corrected chi connectivity index (χ1v) is 6.13. The van der Waals surface area contributed by atoms with E-state index in [9.17, 15) is 0 Å². The van der Waals surface area contributed by atoms with Crippen molar-refractivity contribution in [1.29, 1.82) is 0 Å². The molecule has 1 aliphatic rings. The van der Waals surface area contributed by atoms with Gasteiger partial charge in [-0.2, -0.15) is 0 Å². The van der Waals surface area contributed by atoms with E-state index >= 15 is 0 Å². The van der Waals surface area contributed by atoms with Gasteiger partial charge in [-0.25, -0.2) is 0 Å². The summed E-state index contributed by atoms with van der Waals surface area (Å²) in [6, 6.07) is 0. The zero-order valence-electron chi connectivity index (χ0n) is 9.87.